The predicted octanol–water partition coefficient (Wildman–Crippen LogP) is 2.73. The summed E-state index contributed by atoms with van der Waals surface area (Å²) in [6.07, 6.45) is 0. The third-order valence-electron chi connectivity index (χ3n) is 3.42. The summed E-state index contributed by atoms with van der Waals surface area (Å²) in [5.41, 5.74) is 7.27. The van der Waals surface area contributed by atoms with E-state index in [0.29, 0.717) is 11.0 Å². The number of nitrogens with two attached hydrogens (primary N) is 1. The normalized spacial score (nSPS) is 10.6. The van der Waals surface area contributed by atoms with Crippen LogP contribution in [0, 0.1) is 6.92 Å². The Morgan fingerprint density at radius 2 is 1.96 bits per heavy atom. The van der Waals surface area contributed by atoms with Crippen LogP contribution in [0.2, 0.25) is 0 Å². The number of carbonyl (C=O) groups is 1. The Hall–Kier alpha value is -2.80. The lowest BCUT2D eigenvalue weighted by molar-refractivity contribution is -0.115. The van der Waals surface area contributed by atoms with Gasteiger partial charge in [-0.2, -0.15) is 0 Å². The summed E-state index contributed by atoms with van der Waals surface area (Å²) >= 11 is 1.25. The standard InChI is InChI=1S/C18H18N4O2S/c1-13-6-5-9-15(10-13)24-11-17-20-21-18(25-12-16(19)23)22(17)14-7-3-2-4-8-14/h2-10H,11-12H2,1H3,(H2,19,23). The molecule has 0 unspecified atom stereocenters. The molecule has 0 aliphatic heterocycles. The molecule has 2 aromatic carbocycles. The van der Waals surface area contributed by atoms with Crippen LogP contribution in [0.15, 0.2) is 59.8 Å². The number of para-hydroxylation sites is 1. The molecular formula is C18H18N4O2S. The van der Waals surface area contributed by atoms with Gasteiger partial charge in [0.25, 0.3) is 0 Å². The Labute approximate surface area is 150 Å². The third kappa shape index (κ3) is 4.39. The van der Waals surface area contributed by atoms with Gasteiger partial charge in [0.05, 0.1) is 5.75 Å². The van der Waals surface area contributed by atoms with Crippen molar-refractivity contribution in [3.8, 4) is 11.4 Å². The number of benzene rings is 2. The number of aromatic nitrogens is 3. The van der Waals surface area contributed by atoms with Crippen molar-refractivity contribution in [2.24, 2.45) is 5.73 Å². The van der Waals surface area contributed by atoms with Crippen molar-refractivity contribution >= 4 is 17.7 Å². The lowest BCUT2D eigenvalue weighted by Crippen LogP contribution is -2.14. The SMILES string of the molecule is Cc1cccc(OCc2nnc(SCC(N)=O)n2-c2ccccc2)c1. The molecule has 128 valence electrons. The van der Waals surface area contributed by atoms with Crippen LogP contribution in [-0.4, -0.2) is 26.4 Å². The summed E-state index contributed by atoms with van der Waals surface area (Å²) in [5.74, 6) is 1.17. The molecular weight excluding hydrogens is 336 g/mol. The Bertz CT molecular complexity index is 865. The molecule has 0 atom stereocenters. The van der Waals surface area contributed by atoms with Crippen molar-refractivity contribution in [1.29, 1.82) is 0 Å². The molecule has 0 aliphatic carbocycles. The average Bonchev–Trinajstić information content (AvgIpc) is 3.02. The van der Waals surface area contributed by atoms with E-state index in [2.05, 4.69) is 10.2 Å². The number of hydrogen-bond acceptors (Lipinski definition) is 5. The van der Waals surface area contributed by atoms with Gasteiger partial charge < -0.3 is 10.5 Å². The molecule has 0 radical (unpaired) electrons. The highest BCUT2D eigenvalue weighted by Crippen LogP contribution is 2.23. The summed E-state index contributed by atoms with van der Waals surface area (Å²) in [5, 5.41) is 9.01. The van der Waals surface area contributed by atoms with E-state index in [9.17, 15) is 4.79 Å². The van der Waals surface area contributed by atoms with Crippen LogP contribution in [0.1, 0.15) is 11.4 Å². The van der Waals surface area contributed by atoms with Gasteiger partial charge in [0, 0.05) is 5.69 Å². The number of amides is 1. The Balaban J connectivity index is 1.86. The smallest absolute Gasteiger partial charge is 0.227 e. The molecule has 3 aromatic rings. The maximum atomic E-state index is 11.1. The van der Waals surface area contributed by atoms with Crippen LogP contribution < -0.4 is 10.5 Å². The molecule has 1 amide bonds. The number of carbonyl (C=O) groups excluding carboxylic acids is 1. The highest BCUT2D eigenvalue weighted by Gasteiger charge is 2.15. The van der Waals surface area contributed by atoms with Gasteiger partial charge >= 0.3 is 0 Å². The summed E-state index contributed by atoms with van der Waals surface area (Å²) in [7, 11) is 0. The zero-order chi connectivity index (χ0) is 17.6. The van der Waals surface area contributed by atoms with E-state index in [0.717, 1.165) is 17.0 Å². The zero-order valence-corrected chi connectivity index (χ0v) is 14.6. The molecule has 0 saturated heterocycles. The fourth-order valence-corrected chi connectivity index (χ4v) is 3.02. The van der Waals surface area contributed by atoms with Crippen molar-refractivity contribution in [3.05, 3.63) is 66.0 Å². The lowest BCUT2D eigenvalue weighted by atomic mass is 10.2. The van der Waals surface area contributed by atoms with Gasteiger partial charge in [-0.1, -0.05) is 42.1 Å². The van der Waals surface area contributed by atoms with Gasteiger partial charge in [0.2, 0.25) is 5.91 Å². The molecule has 3 rings (SSSR count). The van der Waals surface area contributed by atoms with E-state index in [-0.39, 0.29) is 12.4 Å². The summed E-state index contributed by atoms with van der Waals surface area (Å²) in [6, 6.07) is 17.5. The number of hydrogen-bond donors (Lipinski definition) is 1. The van der Waals surface area contributed by atoms with Gasteiger partial charge in [-0.3, -0.25) is 9.36 Å². The van der Waals surface area contributed by atoms with E-state index in [1.165, 1.54) is 11.8 Å². The maximum Gasteiger partial charge on any atom is 0.227 e. The minimum atomic E-state index is -0.398. The van der Waals surface area contributed by atoms with Crippen LogP contribution in [0.25, 0.3) is 5.69 Å². The molecule has 0 aliphatic rings. The van der Waals surface area contributed by atoms with E-state index in [4.69, 9.17) is 10.5 Å². The molecule has 0 bridgehead atoms. The lowest BCUT2D eigenvalue weighted by Gasteiger charge is -2.11. The molecule has 1 aromatic heterocycles. The molecule has 7 heteroatoms. The first-order valence-corrected chi connectivity index (χ1v) is 8.72. The van der Waals surface area contributed by atoms with Crippen LogP contribution in [0.4, 0.5) is 0 Å². The van der Waals surface area contributed by atoms with Crippen molar-refractivity contribution in [3.63, 3.8) is 0 Å². The Morgan fingerprint density at radius 3 is 2.68 bits per heavy atom. The van der Waals surface area contributed by atoms with Crippen LogP contribution >= 0.6 is 11.8 Å². The second kappa shape index (κ2) is 7.85. The minimum absolute atomic E-state index is 0.143. The number of primary amides is 1. The van der Waals surface area contributed by atoms with Crippen molar-refractivity contribution in [2.45, 2.75) is 18.7 Å². The third-order valence-corrected chi connectivity index (χ3v) is 4.37. The topological polar surface area (TPSA) is 83.0 Å². The molecule has 2 N–H and O–H groups in total. The maximum absolute atomic E-state index is 11.1. The van der Waals surface area contributed by atoms with Crippen LogP contribution in [0.3, 0.4) is 0 Å². The fourth-order valence-electron chi connectivity index (χ4n) is 2.31. The largest absolute Gasteiger partial charge is 0.486 e. The van der Waals surface area contributed by atoms with Gasteiger partial charge in [-0.15, -0.1) is 10.2 Å². The van der Waals surface area contributed by atoms with E-state index >= 15 is 0 Å². The van der Waals surface area contributed by atoms with Crippen molar-refractivity contribution in [2.75, 3.05) is 5.75 Å². The number of aryl methyl sites for hydroxylation is 1. The van der Waals surface area contributed by atoms with Crippen molar-refractivity contribution < 1.29 is 9.53 Å². The van der Waals surface area contributed by atoms with E-state index in [1.54, 1.807) is 0 Å². The first-order chi connectivity index (χ1) is 12.1. The number of rotatable bonds is 7. The minimum Gasteiger partial charge on any atom is -0.486 e. The van der Waals surface area contributed by atoms with E-state index in [1.807, 2.05) is 66.1 Å². The molecule has 0 spiro atoms. The van der Waals surface area contributed by atoms with E-state index < -0.39 is 5.91 Å². The van der Waals surface area contributed by atoms with Gasteiger partial charge in [-0.25, -0.2) is 0 Å². The second-order valence-corrected chi connectivity index (χ2v) is 6.37. The quantitative estimate of drug-likeness (QED) is 0.660. The first kappa shape index (κ1) is 17.0. The second-order valence-electron chi connectivity index (χ2n) is 5.43. The molecule has 0 fully saturated rings. The summed E-state index contributed by atoms with van der Waals surface area (Å²) in [4.78, 5) is 11.1. The van der Waals surface area contributed by atoms with Gasteiger partial charge in [-0.05, 0) is 36.8 Å². The number of ether oxygens (including phenoxy) is 1. The number of thioether (sulfide) groups is 1. The van der Waals surface area contributed by atoms with Gasteiger partial charge in [0.1, 0.15) is 12.4 Å². The fraction of sp³-hybridized carbons (Fsp3) is 0.167. The van der Waals surface area contributed by atoms with Crippen molar-refractivity contribution in [1.82, 2.24) is 14.8 Å². The molecule has 0 saturated carbocycles. The first-order valence-electron chi connectivity index (χ1n) is 7.74. The highest BCUT2D eigenvalue weighted by molar-refractivity contribution is 7.99. The molecule has 25 heavy (non-hydrogen) atoms. The van der Waals surface area contributed by atoms with Crippen LogP contribution in [-0.2, 0) is 11.4 Å². The summed E-state index contributed by atoms with van der Waals surface area (Å²) in [6.45, 7) is 2.28. The Morgan fingerprint density at radius 1 is 1.16 bits per heavy atom. The summed E-state index contributed by atoms with van der Waals surface area (Å²) < 4.78 is 7.73. The average molecular weight is 354 g/mol. The monoisotopic (exact) mass is 354 g/mol. The van der Waals surface area contributed by atoms with Gasteiger partial charge in [0.15, 0.2) is 11.0 Å². The molecule has 6 nitrogen and oxygen atoms in total. The Kier molecular flexibility index (Phi) is 5.35. The molecule has 1 heterocycles. The van der Waals surface area contributed by atoms with Crippen LogP contribution in [0.5, 0.6) is 5.75 Å². The number of nitrogens with zero attached hydrogens (tertiary/aromatic N) is 3. The predicted molar refractivity (Wildman–Crippen MR) is 96.8 cm³/mol. The highest BCUT2D eigenvalue weighted by atomic mass is 32.2. The zero-order valence-electron chi connectivity index (χ0n) is 13.8.